The summed E-state index contributed by atoms with van der Waals surface area (Å²) >= 11 is 0. The molecule has 0 aliphatic carbocycles. The second-order valence-corrected chi connectivity index (χ2v) is 7.19. The van der Waals surface area contributed by atoms with Crippen molar-refractivity contribution in [3.8, 4) is 17.2 Å². The van der Waals surface area contributed by atoms with E-state index in [2.05, 4.69) is 4.98 Å². The monoisotopic (exact) mass is 408 g/mol. The molecule has 1 aliphatic rings. The third-order valence-electron chi connectivity index (χ3n) is 5.34. The van der Waals surface area contributed by atoms with E-state index in [4.69, 9.17) is 14.2 Å². The number of β-amino-alcohol motifs (C(OH)–C–C–N with tert-alkyl or cyclic N) is 1. The predicted molar refractivity (Wildman–Crippen MR) is 112 cm³/mol. The summed E-state index contributed by atoms with van der Waals surface area (Å²) in [6.45, 7) is 0.648. The van der Waals surface area contributed by atoms with Crippen LogP contribution in [-0.4, -0.2) is 60.4 Å². The second-order valence-electron chi connectivity index (χ2n) is 7.19. The molecule has 30 heavy (non-hydrogen) atoms. The number of ether oxygens (including phenoxy) is 3. The second kappa shape index (κ2) is 8.59. The summed E-state index contributed by atoms with van der Waals surface area (Å²) in [5.74, 6) is 1.35. The van der Waals surface area contributed by atoms with Crippen molar-refractivity contribution in [1.82, 2.24) is 9.88 Å². The number of piperidine rings is 1. The van der Waals surface area contributed by atoms with Crippen molar-refractivity contribution < 1.29 is 24.1 Å². The van der Waals surface area contributed by atoms with Crippen LogP contribution in [0.1, 0.15) is 16.8 Å². The van der Waals surface area contributed by atoms with Crippen molar-refractivity contribution >= 4 is 16.7 Å². The largest absolute Gasteiger partial charge is 0.493 e. The first-order valence-electron chi connectivity index (χ1n) is 9.79. The number of amides is 1. The van der Waals surface area contributed by atoms with E-state index in [1.54, 1.807) is 35.5 Å². The van der Waals surface area contributed by atoms with Gasteiger partial charge >= 0.3 is 0 Å². The van der Waals surface area contributed by atoms with Gasteiger partial charge in [-0.15, -0.1) is 0 Å². The van der Waals surface area contributed by atoms with E-state index >= 15 is 0 Å². The zero-order valence-corrected chi connectivity index (χ0v) is 16.9. The number of nitrogens with zero attached hydrogens (tertiary/aromatic N) is 2. The number of para-hydroxylation sites is 1. The van der Waals surface area contributed by atoms with E-state index in [9.17, 15) is 9.90 Å². The summed E-state index contributed by atoms with van der Waals surface area (Å²) in [5, 5.41) is 12.7. The number of aromatic nitrogens is 1. The maximum absolute atomic E-state index is 13.0. The SMILES string of the molecule is COc1cccc(C(=O)N2CC[C@@H](Oc3ccc4ccncc4c3)[C@H](O)C2)c1OC. The molecule has 0 spiro atoms. The molecule has 4 rings (SSSR count). The summed E-state index contributed by atoms with van der Waals surface area (Å²) in [7, 11) is 3.03. The number of hydrogen-bond donors (Lipinski definition) is 1. The van der Waals surface area contributed by atoms with Crippen LogP contribution in [0.4, 0.5) is 0 Å². The Morgan fingerprint density at radius 3 is 2.77 bits per heavy atom. The third kappa shape index (κ3) is 3.89. The van der Waals surface area contributed by atoms with Crippen LogP contribution in [-0.2, 0) is 0 Å². The average Bonchev–Trinajstić information content (AvgIpc) is 2.79. The highest BCUT2D eigenvalue weighted by molar-refractivity contribution is 5.98. The fourth-order valence-corrected chi connectivity index (χ4v) is 3.77. The van der Waals surface area contributed by atoms with Gasteiger partial charge in [-0.1, -0.05) is 12.1 Å². The molecule has 156 valence electrons. The Kier molecular flexibility index (Phi) is 5.72. The molecular formula is C23H24N2O5. The minimum absolute atomic E-state index is 0.180. The summed E-state index contributed by atoms with van der Waals surface area (Å²) in [5.41, 5.74) is 0.408. The van der Waals surface area contributed by atoms with Crippen molar-refractivity contribution in [3.05, 3.63) is 60.4 Å². The normalized spacial score (nSPS) is 18.8. The van der Waals surface area contributed by atoms with E-state index in [1.165, 1.54) is 14.2 Å². The van der Waals surface area contributed by atoms with Crippen molar-refractivity contribution in [3.63, 3.8) is 0 Å². The molecule has 1 aliphatic heterocycles. The first-order chi connectivity index (χ1) is 14.6. The Balaban J connectivity index is 1.45. The van der Waals surface area contributed by atoms with Crippen LogP contribution in [0, 0.1) is 0 Å². The number of carbonyl (C=O) groups excluding carboxylic acids is 1. The number of hydrogen-bond acceptors (Lipinski definition) is 6. The molecule has 0 bridgehead atoms. The lowest BCUT2D eigenvalue weighted by Gasteiger charge is -2.36. The first kappa shape index (κ1) is 20.0. The third-order valence-corrected chi connectivity index (χ3v) is 5.34. The number of aliphatic hydroxyl groups is 1. The number of likely N-dealkylation sites (tertiary alicyclic amines) is 1. The molecule has 1 N–H and O–H groups in total. The summed E-state index contributed by atoms with van der Waals surface area (Å²) in [6.07, 6.45) is 2.85. The molecule has 0 saturated carbocycles. The summed E-state index contributed by atoms with van der Waals surface area (Å²) in [6, 6.07) is 12.9. The number of fused-ring (bicyclic) bond motifs is 1. The van der Waals surface area contributed by atoms with Crippen LogP contribution in [0.15, 0.2) is 54.9 Å². The molecule has 1 amide bonds. The minimum Gasteiger partial charge on any atom is -0.493 e. The van der Waals surface area contributed by atoms with Crippen molar-refractivity contribution in [1.29, 1.82) is 0 Å². The van der Waals surface area contributed by atoms with Crippen molar-refractivity contribution in [2.75, 3.05) is 27.3 Å². The highest BCUT2D eigenvalue weighted by Gasteiger charge is 2.33. The number of aliphatic hydroxyl groups excluding tert-OH is 1. The zero-order valence-electron chi connectivity index (χ0n) is 16.9. The van der Waals surface area contributed by atoms with E-state index < -0.39 is 12.2 Å². The highest BCUT2D eigenvalue weighted by Crippen LogP contribution is 2.32. The van der Waals surface area contributed by atoms with E-state index in [-0.39, 0.29) is 12.5 Å². The summed E-state index contributed by atoms with van der Waals surface area (Å²) in [4.78, 5) is 18.8. The molecule has 2 atom stereocenters. The maximum Gasteiger partial charge on any atom is 0.257 e. The van der Waals surface area contributed by atoms with Gasteiger partial charge in [-0.25, -0.2) is 0 Å². The Hall–Kier alpha value is -3.32. The van der Waals surface area contributed by atoms with Crippen molar-refractivity contribution in [2.24, 2.45) is 0 Å². The Morgan fingerprint density at radius 1 is 1.13 bits per heavy atom. The Labute approximate surface area is 174 Å². The van der Waals surface area contributed by atoms with Crippen molar-refractivity contribution in [2.45, 2.75) is 18.6 Å². The Bertz CT molecular complexity index is 1050. The van der Waals surface area contributed by atoms with E-state index in [0.717, 1.165) is 10.8 Å². The number of benzene rings is 2. The lowest BCUT2D eigenvalue weighted by atomic mass is 10.0. The molecule has 2 aromatic carbocycles. The number of rotatable bonds is 5. The molecule has 1 aromatic heterocycles. The first-order valence-corrected chi connectivity index (χ1v) is 9.79. The molecule has 2 heterocycles. The van der Waals surface area contributed by atoms with Gasteiger partial charge in [-0.05, 0) is 35.7 Å². The van der Waals surface area contributed by atoms with Crippen LogP contribution in [0.2, 0.25) is 0 Å². The van der Waals surface area contributed by atoms with Gasteiger partial charge in [0, 0.05) is 30.7 Å². The number of pyridine rings is 1. The number of methoxy groups -OCH3 is 2. The van der Waals surface area contributed by atoms with Gasteiger partial charge in [-0.2, -0.15) is 0 Å². The molecule has 1 fully saturated rings. The molecule has 7 nitrogen and oxygen atoms in total. The van der Waals surface area contributed by atoms with Gasteiger partial charge in [0.15, 0.2) is 11.5 Å². The van der Waals surface area contributed by atoms with E-state index in [1.807, 2.05) is 24.3 Å². The quantitative estimate of drug-likeness (QED) is 0.699. The molecule has 0 unspecified atom stereocenters. The molecule has 1 saturated heterocycles. The average molecular weight is 408 g/mol. The molecular weight excluding hydrogens is 384 g/mol. The Morgan fingerprint density at radius 2 is 2.00 bits per heavy atom. The number of carbonyl (C=O) groups is 1. The predicted octanol–water partition coefficient (Wildman–Crippen LogP) is 2.91. The molecule has 3 aromatic rings. The standard InChI is InChI=1S/C23H24N2O5/c1-28-21-5-3-4-18(22(21)29-2)23(27)25-11-9-20(19(26)14-25)30-17-7-6-15-8-10-24-13-16(15)12-17/h3-8,10,12-13,19-20,26H,9,11,14H2,1-2H3/t19-,20-/m1/s1. The zero-order chi connectivity index (χ0) is 21.1. The summed E-state index contributed by atoms with van der Waals surface area (Å²) < 4.78 is 16.7. The fraction of sp³-hybridized carbons (Fsp3) is 0.304. The fourth-order valence-electron chi connectivity index (χ4n) is 3.77. The lowest BCUT2D eigenvalue weighted by molar-refractivity contribution is -0.0199. The van der Waals surface area contributed by atoms with Crippen LogP contribution in [0.3, 0.4) is 0 Å². The highest BCUT2D eigenvalue weighted by atomic mass is 16.5. The van der Waals surface area contributed by atoms with Gasteiger partial charge in [-0.3, -0.25) is 9.78 Å². The smallest absolute Gasteiger partial charge is 0.257 e. The molecule has 7 heteroatoms. The van der Waals surface area contributed by atoms with Gasteiger partial charge in [0.2, 0.25) is 0 Å². The topological polar surface area (TPSA) is 81.1 Å². The van der Waals surface area contributed by atoms with Gasteiger partial charge < -0.3 is 24.2 Å². The molecule has 0 radical (unpaired) electrons. The maximum atomic E-state index is 13.0. The lowest BCUT2D eigenvalue weighted by Crippen LogP contribution is -2.51. The van der Waals surface area contributed by atoms with Crippen LogP contribution in [0.5, 0.6) is 17.2 Å². The van der Waals surface area contributed by atoms with Crippen LogP contribution < -0.4 is 14.2 Å². The van der Waals surface area contributed by atoms with Crippen LogP contribution in [0.25, 0.3) is 10.8 Å². The van der Waals surface area contributed by atoms with E-state index in [0.29, 0.717) is 35.8 Å². The minimum atomic E-state index is -0.802. The van der Waals surface area contributed by atoms with Crippen LogP contribution >= 0.6 is 0 Å². The van der Waals surface area contributed by atoms with Gasteiger partial charge in [0.1, 0.15) is 18.0 Å². The van der Waals surface area contributed by atoms with Gasteiger partial charge in [0.05, 0.1) is 26.3 Å². The van der Waals surface area contributed by atoms with Gasteiger partial charge in [0.25, 0.3) is 5.91 Å².